The Morgan fingerprint density at radius 2 is 2.22 bits per heavy atom. The van der Waals surface area contributed by atoms with Crippen LogP contribution in [0.4, 0.5) is 0 Å². The molecule has 0 saturated heterocycles. The molecule has 1 aromatic carbocycles. The highest BCUT2D eigenvalue weighted by Crippen LogP contribution is 2.28. The van der Waals surface area contributed by atoms with Gasteiger partial charge in [-0.1, -0.05) is 24.3 Å². The lowest BCUT2D eigenvalue weighted by Gasteiger charge is -2.16. The summed E-state index contributed by atoms with van der Waals surface area (Å²) in [5, 5.41) is 5.67. The standard InChI is InChI=1S/C15H17NOS/c1-11(15-7-4-8-18-15)16-10-13-9-12-5-2-3-6-14(12)17-13/h2-8,11,13,16H,9-10H2,1H3/t11-,13?/m0/s1. The van der Waals surface area contributed by atoms with Crippen LogP contribution in [0.3, 0.4) is 0 Å². The fourth-order valence-corrected chi connectivity index (χ4v) is 3.07. The van der Waals surface area contributed by atoms with E-state index in [2.05, 4.69) is 48.0 Å². The van der Waals surface area contributed by atoms with Crippen molar-refractivity contribution in [2.45, 2.75) is 25.5 Å². The number of hydrogen-bond donors (Lipinski definition) is 1. The van der Waals surface area contributed by atoms with E-state index < -0.39 is 0 Å². The third-order valence-electron chi connectivity index (χ3n) is 3.34. The third kappa shape index (κ3) is 2.42. The third-order valence-corrected chi connectivity index (χ3v) is 4.39. The number of rotatable bonds is 4. The molecule has 0 saturated carbocycles. The molecule has 3 heteroatoms. The zero-order valence-corrected chi connectivity index (χ0v) is 11.2. The maximum Gasteiger partial charge on any atom is 0.123 e. The van der Waals surface area contributed by atoms with Crippen LogP contribution in [0, 0.1) is 0 Å². The fraction of sp³-hybridized carbons (Fsp3) is 0.333. The molecule has 0 radical (unpaired) electrons. The van der Waals surface area contributed by atoms with Crippen LogP contribution in [0.2, 0.25) is 0 Å². The summed E-state index contributed by atoms with van der Waals surface area (Å²) in [6.07, 6.45) is 1.28. The first kappa shape index (κ1) is 11.8. The number of thiophene rings is 1. The van der Waals surface area contributed by atoms with Crippen LogP contribution < -0.4 is 10.1 Å². The summed E-state index contributed by atoms with van der Waals surface area (Å²) in [6, 6.07) is 13.0. The molecule has 2 atom stereocenters. The Hall–Kier alpha value is -1.32. The van der Waals surface area contributed by atoms with Gasteiger partial charge in [0.25, 0.3) is 0 Å². The van der Waals surface area contributed by atoms with E-state index in [-0.39, 0.29) is 6.10 Å². The lowest BCUT2D eigenvalue weighted by atomic mass is 10.1. The Labute approximate surface area is 112 Å². The van der Waals surface area contributed by atoms with Gasteiger partial charge in [-0.25, -0.2) is 0 Å². The van der Waals surface area contributed by atoms with E-state index in [0.29, 0.717) is 6.04 Å². The van der Waals surface area contributed by atoms with Crippen molar-refractivity contribution in [3.63, 3.8) is 0 Å². The highest BCUT2D eigenvalue weighted by Gasteiger charge is 2.22. The molecule has 2 nitrogen and oxygen atoms in total. The van der Waals surface area contributed by atoms with Gasteiger partial charge >= 0.3 is 0 Å². The van der Waals surface area contributed by atoms with Gasteiger partial charge in [-0.05, 0) is 30.0 Å². The number of para-hydroxylation sites is 1. The summed E-state index contributed by atoms with van der Waals surface area (Å²) in [6.45, 7) is 3.10. The summed E-state index contributed by atoms with van der Waals surface area (Å²) < 4.78 is 5.92. The minimum Gasteiger partial charge on any atom is -0.488 e. The maximum absolute atomic E-state index is 5.92. The molecule has 1 aromatic heterocycles. The predicted molar refractivity (Wildman–Crippen MR) is 75.3 cm³/mol. The van der Waals surface area contributed by atoms with Crippen molar-refractivity contribution in [2.24, 2.45) is 0 Å². The molecule has 2 heterocycles. The summed E-state index contributed by atoms with van der Waals surface area (Å²) in [4.78, 5) is 1.38. The van der Waals surface area contributed by atoms with Gasteiger partial charge in [-0.15, -0.1) is 11.3 Å². The second-order valence-corrected chi connectivity index (χ2v) is 5.68. The average molecular weight is 259 g/mol. The van der Waals surface area contributed by atoms with Gasteiger partial charge in [0.15, 0.2) is 0 Å². The largest absolute Gasteiger partial charge is 0.488 e. The van der Waals surface area contributed by atoms with Crippen molar-refractivity contribution in [3.05, 3.63) is 52.2 Å². The maximum atomic E-state index is 5.92. The summed E-state index contributed by atoms with van der Waals surface area (Å²) in [5.41, 5.74) is 1.33. The van der Waals surface area contributed by atoms with Crippen molar-refractivity contribution < 1.29 is 4.74 Å². The quantitative estimate of drug-likeness (QED) is 0.908. The van der Waals surface area contributed by atoms with Gasteiger partial charge in [0.2, 0.25) is 0 Å². The van der Waals surface area contributed by atoms with E-state index in [4.69, 9.17) is 4.74 Å². The first-order valence-electron chi connectivity index (χ1n) is 6.34. The number of hydrogen-bond acceptors (Lipinski definition) is 3. The monoisotopic (exact) mass is 259 g/mol. The van der Waals surface area contributed by atoms with Crippen LogP contribution in [0.1, 0.15) is 23.4 Å². The Morgan fingerprint density at radius 3 is 3.00 bits per heavy atom. The SMILES string of the molecule is C[C@H](NCC1Cc2ccccc2O1)c1cccs1. The van der Waals surface area contributed by atoms with Crippen molar-refractivity contribution in [2.75, 3.05) is 6.54 Å². The molecule has 1 aliphatic heterocycles. The van der Waals surface area contributed by atoms with Crippen molar-refractivity contribution in [1.82, 2.24) is 5.32 Å². The molecule has 3 rings (SSSR count). The number of fused-ring (bicyclic) bond motifs is 1. The van der Waals surface area contributed by atoms with Crippen molar-refractivity contribution in [1.29, 1.82) is 0 Å². The van der Waals surface area contributed by atoms with Crippen molar-refractivity contribution >= 4 is 11.3 Å². The molecule has 94 valence electrons. The second-order valence-electron chi connectivity index (χ2n) is 4.70. The zero-order chi connectivity index (χ0) is 12.4. The first-order chi connectivity index (χ1) is 8.83. The van der Waals surface area contributed by atoms with E-state index in [0.717, 1.165) is 18.7 Å². The smallest absolute Gasteiger partial charge is 0.123 e. The van der Waals surface area contributed by atoms with E-state index in [1.807, 2.05) is 6.07 Å². The van der Waals surface area contributed by atoms with Crippen LogP contribution in [-0.2, 0) is 6.42 Å². The molecular weight excluding hydrogens is 242 g/mol. The number of benzene rings is 1. The minimum atomic E-state index is 0.268. The summed E-state index contributed by atoms with van der Waals surface area (Å²) in [5.74, 6) is 1.05. The van der Waals surface area contributed by atoms with E-state index in [9.17, 15) is 0 Å². The second kappa shape index (κ2) is 5.12. The van der Waals surface area contributed by atoms with Crippen LogP contribution in [0.15, 0.2) is 41.8 Å². The van der Waals surface area contributed by atoms with Gasteiger partial charge < -0.3 is 10.1 Å². The molecule has 2 aromatic rings. The lowest BCUT2D eigenvalue weighted by molar-refractivity contribution is 0.223. The van der Waals surface area contributed by atoms with E-state index in [1.54, 1.807) is 11.3 Å². The summed E-state index contributed by atoms with van der Waals surface area (Å²) in [7, 11) is 0. The molecule has 0 spiro atoms. The van der Waals surface area contributed by atoms with E-state index >= 15 is 0 Å². The number of ether oxygens (including phenoxy) is 1. The van der Waals surface area contributed by atoms with E-state index in [1.165, 1.54) is 10.4 Å². The van der Waals surface area contributed by atoms with Crippen LogP contribution >= 0.6 is 11.3 Å². The number of nitrogens with one attached hydrogen (secondary N) is 1. The molecule has 1 N–H and O–H groups in total. The van der Waals surface area contributed by atoms with Gasteiger partial charge in [-0.3, -0.25) is 0 Å². The molecule has 1 unspecified atom stereocenters. The highest BCUT2D eigenvalue weighted by molar-refractivity contribution is 7.10. The molecule has 0 bridgehead atoms. The lowest BCUT2D eigenvalue weighted by Crippen LogP contribution is -2.31. The normalized spacial score (nSPS) is 19.3. The average Bonchev–Trinajstić information content (AvgIpc) is 3.04. The minimum absolute atomic E-state index is 0.268. The van der Waals surface area contributed by atoms with Gasteiger partial charge in [0.05, 0.1) is 0 Å². The molecular formula is C15H17NOS. The molecule has 18 heavy (non-hydrogen) atoms. The Bertz CT molecular complexity index is 484. The molecule has 0 aliphatic carbocycles. The predicted octanol–water partition coefficient (Wildman–Crippen LogP) is 3.40. The first-order valence-corrected chi connectivity index (χ1v) is 7.22. The van der Waals surface area contributed by atoms with Crippen LogP contribution in [0.25, 0.3) is 0 Å². The Kier molecular flexibility index (Phi) is 3.35. The topological polar surface area (TPSA) is 21.3 Å². The fourth-order valence-electron chi connectivity index (χ4n) is 2.31. The van der Waals surface area contributed by atoms with Crippen LogP contribution in [-0.4, -0.2) is 12.6 Å². The molecule has 0 amide bonds. The summed E-state index contributed by atoms with van der Waals surface area (Å²) >= 11 is 1.80. The highest BCUT2D eigenvalue weighted by atomic mass is 32.1. The van der Waals surface area contributed by atoms with Gasteiger partial charge in [0, 0.05) is 23.9 Å². The van der Waals surface area contributed by atoms with Crippen molar-refractivity contribution in [3.8, 4) is 5.75 Å². The Balaban J connectivity index is 1.54. The zero-order valence-electron chi connectivity index (χ0n) is 10.4. The molecule has 1 aliphatic rings. The molecule has 0 fully saturated rings. The Morgan fingerprint density at radius 1 is 1.33 bits per heavy atom. The van der Waals surface area contributed by atoms with Gasteiger partial charge in [0.1, 0.15) is 11.9 Å². The van der Waals surface area contributed by atoms with Crippen LogP contribution in [0.5, 0.6) is 5.75 Å². The van der Waals surface area contributed by atoms with Gasteiger partial charge in [-0.2, -0.15) is 0 Å².